The molecule has 0 spiro atoms. The quantitative estimate of drug-likeness (QED) is 0.734. The van der Waals surface area contributed by atoms with E-state index in [-0.39, 0.29) is 5.41 Å². The summed E-state index contributed by atoms with van der Waals surface area (Å²) in [5.74, 6) is 0. The summed E-state index contributed by atoms with van der Waals surface area (Å²) < 4.78 is 1.25. The van der Waals surface area contributed by atoms with Crippen LogP contribution in [-0.2, 0) is 11.8 Å². The first-order valence-electron chi connectivity index (χ1n) is 5.30. The number of benzene rings is 1. The average molecular weight is 255 g/mol. The SMILES string of the molecule is CCc1ccc(C(C)(C)CC)cc1Br. The van der Waals surface area contributed by atoms with Crippen LogP contribution in [0.4, 0.5) is 0 Å². The Morgan fingerprint density at radius 3 is 2.29 bits per heavy atom. The number of hydrogen-bond donors (Lipinski definition) is 0. The van der Waals surface area contributed by atoms with Gasteiger partial charge in [-0.1, -0.05) is 55.8 Å². The van der Waals surface area contributed by atoms with Crippen molar-refractivity contribution in [3.63, 3.8) is 0 Å². The Morgan fingerprint density at radius 2 is 1.86 bits per heavy atom. The van der Waals surface area contributed by atoms with Crippen molar-refractivity contribution in [1.82, 2.24) is 0 Å². The van der Waals surface area contributed by atoms with Crippen molar-refractivity contribution in [2.45, 2.75) is 46.0 Å². The van der Waals surface area contributed by atoms with E-state index in [0.717, 1.165) is 6.42 Å². The van der Waals surface area contributed by atoms with Crippen molar-refractivity contribution in [3.05, 3.63) is 33.8 Å². The van der Waals surface area contributed by atoms with Crippen molar-refractivity contribution < 1.29 is 0 Å². The summed E-state index contributed by atoms with van der Waals surface area (Å²) >= 11 is 3.63. The van der Waals surface area contributed by atoms with Crippen LogP contribution in [0.25, 0.3) is 0 Å². The van der Waals surface area contributed by atoms with Crippen molar-refractivity contribution in [1.29, 1.82) is 0 Å². The van der Waals surface area contributed by atoms with E-state index in [2.05, 4.69) is 61.8 Å². The first kappa shape index (κ1) is 11.8. The monoisotopic (exact) mass is 254 g/mol. The van der Waals surface area contributed by atoms with Crippen LogP contribution in [0.5, 0.6) is 0 Å². The van der Waals surface area contributed by atoms with Crippen LogP contribution < -0.4 is 0 Å². The largest absolute Gasteiger partial charge is 0.0646 e. The van der Waals surface area contributed by atoms with E-state index in [1.54, 1.807) is 0 Å². The molecule has 0 atom stereocenters. The van der Waals surface area contributed by atoms with Crippen LogP contribution in [0.3, 0.4) is 0 Å². The first-order chi connectivity index (χ1) is 6.51. The molecule has 0 saturated carbocycles. The summed E-state index contributed by atoms with van der Waals surface area (Å²) in [4.78, 5) is 0. The predicted molar refractivity (Wildman–Crippen MR) is 66.8 cm³/mol. The molecule has 1 aromatic carbocycles. The van der Waals surface area contributed by atoms with Gasteiger partial charge in [-0.2, -0.15) is 0 Å². The second-order valence-corrected chi connectivity index (χ2v) is 5.25. The fourth-order valence-corrected chi connectivity index (χ4v) is 2.12. The van der Waals surface area contributed by atoms with Crippen molar-refractivity contribution >= 4 is 15.9 Å². The lowest BCUT2D eigenvalue weighted by Crippen LogP contribution is -2.15. The van der Waals surface area contributed by atoms with Gasteiger partial charge in [-0.25, -0.2) is 0 Å². The molecule has 1 heteroatoms. The lowest BCUT2D eigenvalue weighted by Gasteiger charge is -2.24. The van der Waals surface area contributed by atoms with Gasteiger partial charge in [0, 0.05) is 4.47 Å². The molecule has 0 unspecified atom stereocenters. The Kier molecular flexibility index (Phi) is 3.77. The number of hydrogen-bond acceptors (Lipinski definition) is 0. The van der Waals surface area contributed by atoms with Crippen molar-refractivity contribution in [2.75, 3.05) is 0 Å². The molecule has 14 heavy (non-hydrogen) atoms. The molecular formula is C13H19Br. The van der Waals surface area contributed by atoms with Crippen molar-refractivity contribution in [2.24, 2.45) is 0 Å². The van der Waals surface area contributed by atoms with Crippen LogP contribution in [0.1, 0.15) is 45.2 Å². The highest BCUT2D eigenvalue weighted by molar-refractivity contribution is 9.10. The maximum absolute atomic E-state index is 3.63. The zero-order chi connectivity index (χ0) is 10.8. The highest BCUT2D eigenvalue weighted by Crippen LogP contribution is 2.30. The molecular weight excluding hydrogens is 236 g/mol. The van der Waals surface area contributed by atoms with Crippen LogP contribution in [0.2, 0.25) is 0 Å². The summed E-state index contributed by atoms with van der Waals surface area (Å²) in [5.41, 5.74) is 3.10. The highest BCUT2D eigenvalue weighted by Gasteiger charge is 2.18. The van der Waals surface area contributed by atoms with Crippen LogP contribution in [-0.4, -0.2) is 0 Å². The Labute approximate surface area is 95.9 Å². The van der Waals surface area contributed by atoms with Gasteiger partial charge in [0.15, 0.2) is 0 Å². The summed E-state index contributed by atoms with van der Waals surface area (Å²) in [7, 11) is 0. The first-order valence-corrected chi connectivity index (χ1v) is 6.09. The van der Waals surface area contributed by atoms with Gasteiger partial charge in [0.25, 0.3) is 0 Å². The minimum absolute atomic E-state index is 0.286. The molecule has 0 bridgehead atoms. The zero-order valence-corrected chi connectivity index (χ0v) is 11.1. The molecule has 0 radical (unpaired) electrons. The van der Waals surface area contributed by atoms with Gasteiger partial charge in [-0.15, -0.1) is 0 Å². The van der Waals surface area contributed by atoms with E-state index in [1.807, 2.05) is 0 Å². The summed E-state index contributed by atoms with van der Waals surface area (Å²) in [6.45, 7) is 9.01. The fourth-order valence-electron chi connectivity index (χ4n) is 1.46. The fraction of sp³-hybridized carbons (Fsp3) is 0.538. The number of rotatable bonds is 3. The van der Waals surface area contributed by atoms with Gasteiger partial charge in [-0.05, 0) is 35.4 Å². The van der Waals surface area contributed by atoms with E-state index in [4.69, 9.17) is 0 Å². The van der Waals surface area contributed by atoms with Gasteiger partial charge < -0.3 is 0 Å². The smallest absolute Gasteiger partial charge is 0.0210 e. The normalized spacial score (nSPS) is 11.8. The molecule has 1 aromatic rings. The molecule has 1 rings (SSSR count). The van der Waals surface area contributed by atoms with Gasteiger partial charge in [0.05, 0.1) is 0 Å². The molecule has 0 heterocycles. The minimum Gasteiger partial charge on any atom is -0.0646 e. The van der Waals surface area contributed by atoms with E-state index >= 15 is 0 Å². The van der Waals surface area contributed by atoms with Gasteiger partial charge >= 0.3 is 0 Å². The van der Waals surface area contributed by atoms with Gasteiger partial charge in [0.1, 0.15) is 0 Å². The molecule has 0 amide bonds. The lowest BCUT2D eigenvalue weighted by molar-refractivity contribution is 0.506. The second-order valence-electron chi connectivity index (χ2n) is 4.40. The molecule has 0 aliphatic carbocycles. The molecule has 0 N–H and O–H groups in total. The van der Waals surface area contributed by atoms with E-state index in [0.29, 0.717) is 0 Å². The molecule has 78 valence electrons. The van der Waals surface area contributed by atoms with E-state index in [1.165, 1.54) is 22.0 Å². The van der Waals surface area contributed by atoms with Crippen LogP contribution in [0.15, 0.2) is 22.7 Å². The minimum atomic E-state index is 0.286. The number of halogens is 1. The molecule has 0 nitrogen and oxygen atoms in total. The third-order valence-corrected chi connectivity index (χ3v) is 3.84. The average Bonchev–Trinajstić information content (AvgIpc) is 2.17. The van der Waals surface area contributed by atoms with Crippen LogP contribution in [0, 0.1) is 0 Å². The molecule has 0 aliphatic heterocycles. The maximum atomic E-state index is 3.63. The summed E-state index contributed by atoms with van der Waals surface area (Å²) in [6, 6.07) is 6.76. The summed E-state index contributed by atoms with van der Waals surface area (Å²) in [6.07, 6.45) is 2.26. The standard InChI is InChI=1S/C13H19Br/c1-5-10-7-8-11(9-12(10)14)13(3,4)6-2/h7-9H,5-6H2,1-4H3. The maximum Gasteiger partial charge on any atom is 0.0210 e. The van der Waals surface area contributed by atoms with Crippen molar-refractivity contribution in [3.8, 4) is 0 Å². The Balaban J connectivity index is 3.08. The van der Waals surface area contributed by atoms with Gasteiger partial charge in [0.2, 0.25) is 0 Å². The van der Waals surface area contributed by atoms with Gasteiger partial charge in [-0.3, -0.25) is 0 Å². The van der Waals surface area contributed by atoms with Crippen LogP contribution >= 0.6 is 15.9 Å². The van der Waals surface area contributed by atoms with E-state index in [9.17, 15) is 0 Å². The lowest BCUT2D eigenvalue weighted by atomic mass is 9.82. The van der Waals surface area contributed by atoms with E-state index < -0.39 is 0 Å². The molecule has 0 aromatic heterocycles. The Hall–Kier alpha value is -0.300. The number of aryl methyl sites for hydroxylation is 1. The molecule has 0 saturated heterocycles. The summed E-state index contributed by atoms with van der Waals surface area (Å²) in [5, 5.41) is 0. The molecule has 0 fully saturated rings. The third kappa shape index (κ3) is 2.38. The zero-order valence-electron chi connectivity index (χ0n) is 9.52. The Bertz CT molecular complexity index is 313. The second kappa shape index (κ2) is 4.48. The highest BCUT2D eigenvalue weighted by atomic mass is 79.9. The predicted octanol–water partition coefficient (Wildman–Crippen LogP) is 4.70. The topological polar surface area (TPSA) is 0 Å². The third-order valence-electron chi connectivity index (χ3n) is 3.10. The molecule has 0 aliphatic rings. The Morgan fingerprint density at radius 1 is 1.21 bits per heavy atom.